The second-order valence-corrected chi connectivity index (χ2v) is 45.3. The molecular formula is C137H141NO2. The lowest BCUT2D eigenvalue weighted by atomic mass is 9.70. The number of anilines is 3. The van der Waals surface area contributed by atoms with Crippen LogP contribution in [0.5, 0.6) is 0 Å². The van der Waals surface area contributed by atoms with Gasteiger partial charge in [-0.2, -0.15) is 0 Å². The Morgan fingerprint density at radius 2 is 0.500 bits per heavy atom. The number of benzene rings is 15. The Labute approximate surface area is 833 Å². The van der Waals surface area contributed by atoms with E-state index >= 15 is 0 Å². The first-order valence-electron chi connectivity index (χ1n) is 54.4. The van der Waals surface area contributed by atoms with E-state index in [9.17, 15) is 0 Å². The van der Waals surface area contributed by atoms with E-state index in [2.05, 4.69) is 374 Å². The zero-order chi connectivity index (χ0) is 95.7. The van der Waals surface area contributed by atoms with E-state index in [-0.39, 0.29) is 21.7 Å². The van der Waals surface area contributed by atoms with Crippen molar-refractivity contribution in [3.8, 4) is 111 Å². The van der Waals surface area contributed by atoms with Gasteiger partial charge in [-0.1, -0.05) is 425 Å². The molecule has 2 heterocycles. The number of furan rings is 2. The van der Waals surface area contributed by atoms with Gasteiger partial charge in [0, 0.05) is 82.2 Å². The largest absolute Gasteiger partial charge is 0.455 e. The Kier molecular flexibility index (Phi) is 23.7. The van der Waals surface area contributed by atoms with Gasteiger partial charge in [0.1, 0.15) is 22.3 Å². The third-order valence-electron chi connectivity index (χ3n) is 35.4. The highest BCUT2D eigenvalue weighted by atomic mass is 16.3. The smallest absolute Gasteiger partial charge is 0.143 e. The summed E-state index contributed by atoms with van der Waals surface area (Å²) in [5.41, 5.74) is 50.1. The van der Waals surface area contributed by atoms with Gasteiger partial charge in [0.25, 0.3) is 0 Å². The van der Waals surface area contributed by atoms with E-state index < -0.39 is 10.8 Å². The van der Waals surface area contributed by atoms with Gasteiger partial charge in [-0.15, -0.1) is 0 Å². The molecule has 706 valence electrons. The fourth-order valence-corrected chi connectivity index (χ4v) is 27.7. The van der Waals surface area contributed by atoms with Crippen LogP contribution in [-0.4, -0.2) is 0 Å². The van der Waals surface area contributed by atoms with Crippen molar-refractivity contribution in [2.45, 2.75) is 302 Å². The summed E-state index contributed by atoms with van der Waals surface area (Å²) in [6, 6.07) is 110. The number of para-hydroxylation sites is 3. The van der Waals surface area contributed by atoms with Gasteiger partial charge in [-0.25, -0.2) is 0 Å². The summed E-state index contributed by atoms with van der Waals surface area (Å²) >= 11 is 0. The molecule has 0 bridgehead atoms. The van der Waals surface area contributed by atoms with E-state index in [0.717, 1.165) is 61.3 Å². The molecule has 15 aromatic carbocycles. The molecule has 2 aromatic heterocycles. The molecule has 0 amide bonds. The maximum Gasteiger partial charge on any atom is 0.143 e. The summed E-state index contributed by atoms with van der Waals surface area (Å²) < 4.78 is 14.6. The molecular weight excluding hydrogens is 1690 g/mol. The first-order valence-corrected chi connectivity index (χ1v) is 54.4. The third-order valence-corrected chi connectivity index (χ3v) is 35.4. The molecule has 3 heteroatoms. The minimum absolute atomic E-state index is 0.0192. The fourth-order valence-electron chi connectivity index (χ4n) is 27.7. The van der Waals surface area contributed by atoms with Gasteiger partial charge in [0.05, 0.1) is 0 Å². The molecule has 23 rings (SSSR count). The van der Waals surface area contributed by atoms with Gasteiger partial charge < -0.3 is 13.7 Å². The standard InChI is InChI=1S/C137H141NO2/c1-14-18-22-26-30-44-74-136(75-45-31-27-23-19-15-2)111-53-39-35-49-97(111)103-68-60-91(80-119(103)136)89-58-66-99-101-70-62-93(82-115(101)132(6,7)113(99)78-89)109-86-121-126(128-107-51-37-42-56-124(107)139-130(109)128)105-72-64-95(84-117(105)134(121,10)11)138(123-55-41-34-48-88(123)5)96-65-73-106-118(85-96)135(12,13)122-87-110(131-129(127(106)122)108-52-38-43-57-125(108)140-131)94-63-71-102-100-67-59-90(79-114(100)133(8,9)116(102)83-94)92-61-69-104-98-50-36-40-54-112(98)137(120(104)81-92,76-46-32-28-24-20-16-3)77-47-33-29-25-21-17-4/h34-43,48-73,78-87H,14-33,44-47,74-77H2,1-13H3. The summed E-state index contributed by atoms with van der Waals surface area (Å²) in [6.07, 6.45) is 36.4. The summed E-state index contributed by atoms with van der Waals surface area (Å²) in [4.78, 5) is 2.55. The number of unbranched alkanes of at least 4 members (excludes halogenated alkanes) is 20. The molecule has 17 aromatic rings. The maximum absolute atomic E-state index is 7.31. The van der Waals surface area contributed by atoms with Crippen molar-refractivity contribution in [1.82, 2.24) is 0 Å². The van der Waals surface area contributed by atoms with E-state index in [0.29, 0.717) is 0 Å². The van der Waals surface area contributed by atoms with E-state index in [1.807, 2.05) is 0 Å². The minimum atomic E-state index is -0.407. The van der Waals surface area contributed by atoms with E-state index in [1.54, 1.807) is 22.3 Å². The molecule has 0 atom stereocenters. The average Bonchev–Trinajstić information content (AvgIpc) is 1.53. The third kappa shape index (κ3) is 14.9. The monoisotopic (exact) mass is 1830 g/mol. The van der Waals surface area contributed by atoms with Crippen molar-refractivity contribution in [3.05, 3.63) is 351 Å². The van der Waals surface area contributed by atoms with Crippen molar-refractivity contribution in [2.75, 3.05) is 4.90 Å². The van der Waals surface area contributed by atoms with Crippen molar-refractivity contribution < 1.29 is 8.83 Å². The van der Waals surface area contributed by atoms with Crippen LogP contribution < -0.4 is 4.90 Å². The molecule has 3 nitrogen and oxygen atoms in total. The molecule has 140 heavy (non-hydrogen) atoms. The summed E-state index contributed by atoms with van der Waals surface area (Å²) in [6.45, 7) is 31.4. The maximum atomic E-state index is 7.31. The number of rotatable bonds is 35. The number of aryl methyl sites for hydroxylation is 1. The summed E-state index contributed by atoms with van der Waals surface area (Å²) in [5.74, 6) is 0. The number of hydrogen-bond acceptors (Lipinski definition) is 3. The number of nitrogens with zero attached hydrogens (tertiary/aromatic N) is 1. The van der Waals surface area contributed by atoms with Gasteiger partial charge in [-0.05, 0) is 296 Å². The Hall–Kier alpha value is -12.3. The van der Waals surface area contributed by atoms with Crippen molar-refractivity contribution in [2.24, 2.45) is 0 Å². The molecule has 0 radical (unpaired) electrons. The second kappa shape index (κ2) is 36.3. The highest BCUT2D eigenvalue weighted by molar-refractivity contribution is 6.21. The lowest BCUT2D eigenvalue weighted by molar-refractivity contribution is 0.398. The van der Waals surface area contributed by atoms with Crippen LogP contribution in [0.3, 0.4) is 0 Å². The fraction of sp³-hybridized carbons (Fsp3) is 0.343. The quantitative estimate of drug-likeness (QED) is 0.0371. The number of fused-ring (bicyclic) bond motifs is 26. The molecule has 0 unspecified atom stereocenters. The molecule has 0 saturated heterocycles. The first kappa shape index (κ1) is 91.5. The predicted molar refractivity (Wildman–Crippen MR) is 597 cm³/mol. The Morgan fingerprint density at radius 1 is 0.221 bits per heavy atom. The van der Waals surface area contributed by atoms with Gasteiger partial charge in [0.2, 0.25) is 0 Å². The molecule has 6 aliphatic carbocycles. The lowest BCUT2D eigenvalue weighted by Crippen LogP contribution is -2.25. The topological polar surface area (TPSA) is 29.5 Å². The zero-order valence-electron chi connectivity index (χ0n) is 85.6. The van der Waals surface area contributed by atoms with Crippen LogP contribution in [-0.2, 0) is 32.5 Å². The van der Waals surface area contributed by atoms with Crippen molar-refractivity contribution in [1.29, 1.82) is 0 Å². The van der Waals surface area contributed by atoms with Crippen LogP contribution in [0.4, 0.5) is 17.1 Å². The van der Waals surface area contributed by atoms with Crippen LogP contribution >= 0.6 is 0 Å². The van der Waals surface area contributed by atoms with Crippen LogP contribution in [0.15, 0.2) is 288 Å². The van der Waals surface area contributed by atoms with Gasteiger partial charge in [0.15, 0.2) is 0 Å². The Bertz CT molecular complexity index is 7260. The molecule has 0 saturated carbocycles. The lowest BCUT2D eigenvalue weighted by Gasteiger charge is -2.33. The predicted octanol–water partition coefficient (Wildman–Crippen LogP) is 40.7. The molecule has 0 spiro atoms. The van der Waals surface area contributed by atoms with Crippen LogP contribution in [0.25, 0.3) is 155 Å². The molecule has 0 fully saturated rings. The Balaban J connectivity index is 0.566. The highest BCUT2D eigenvalue weighted by Crippen LogP contribution is 2.64. The first-order chi connectivity index (χ1) is 68.2. The minimum Gasteiger partial charge on any atom is -0.455 e. The SMILES string of the molecule is CCCCCCCCC1(CCCCCCCC)c2ccccc2-c2ccc(-c3ccc4c(c3)C(C)(C)c3cc(-c5cc6c(c7c5oc5ccccc57)-c5ccc(N(c7ccc8c(c7)C(C)(C)c7cc(-c9ccc%10c(c9)C(C)(C)c9cc(-c%11ccc%12c(c%11)C(CCCCCCCC)(CCCCCCCC)c%11ccccc%11-%12)ccc9-%10)c9oc%10ccccc%10c9c7-8)c7ccccc7C)cc5C6(C)C)ccc3-4)cc21. The van der Waals surface area contributed by atoms with Crippen molar-refractivity contribution >= 4 is 60.9 Å². The highest BCUT2D eigenvalue weighted by Gasteiger charge is 2.48. The van der Waals surface area contributed by atoms with E-state index in [4.69, 9.17) is 8.83 Å². The van der Waals surface area contributed by atoms with E-state index in [1.165, 1.54) is 341 Å². The van der Waals surface area contributed by atoms with Gasteiger partial charge >= 0.3 is 0 Å². The molecule has 0 aliphatic heterocycles. The van der Waals surface area contributed by atoms with Crippen LogP contribution in [0.2, 0.25) is 0 Å². The molecule has 6 aliphatic rings. The van der Waals surface area contributed by atoms with Crippen LogP contribution in [0, 0.1) is 6.92 Å². The zero-order valence-corrected chi connectivity index (χ0v) is 85.6. The van der Waals surface area contributed by atoms with Crippen LogP contribution in [0.1, 0.15) is 335 Å². The average molecular weight is 1830 g/mol. The Morgan fingerprint density at radius 3 is 0.871 bits per heavy atom. The molecule has 0 N–H and O–H groups in total. The number of hydrogen-bond donors (Lipinski definition) is 0. The van der Waals surface area contributed by atoms with Crippen molar-refractivity contribution in [3.63, 3.8) is 0 Å². The summed E-state index contributed by atoms with van der Waals surface area (Å²) in [7, 11) is 0. The normalized spacial score (nSPS) is 15.3. The van der Waals surface area contributed by atoms with Gasteiger partial charge in [-0.3, -0.25) is 0 Å². The second-order valence-electron chi connectivity index (χ2n) is 45.3. The summed E-state index contributed by atoms with van der Waals surface area (Å²) in [5, 5.41) is 4.68.